The molecule has 1 rings (SSSR count). The number of aliphatic imine (C=N–C) groups is 1. The van der Waals surface area contributed by atoms with Gasteiger partial charge in [0, 0.05) is 40.0 Å². The predicted octanol–water partition coefficient (Wildman–Crippen LogP) is 2.17. The second kappa shape index (κ2) is 12.5. The van der Waals surface area contributed by atoms with Gasteiger partial charge in [0.15, 0.2) is 5.96 Å². The standard InChI is InChI=1S/C19H39N3O3/c1-5-20-18(21-12-17(23)14-25-13-16(2)3)22-15-19(10-11-24-4)8-6-7-9-19/h16-17,23H,5-15H2,1-4H3,(H2,20,21,22). The number of rotatable bonds is 12. The molecule has 25 heavy (non-hydrogen) atoms. The number of nitrogens with zero attached hydrogens (tertiary/aromatic N) is 1. The maximum absolute atomic E-state index is 10.0. The van der Waals surface area contributed by atoms with Crippen LogP contribution in [0.15, 0.2) is 4.99 Å². The number of hydrogen-bond acceptors (Lipinski definition) is 4. The second-order valence-electron chi connectivity index (χ2n) is 7.61. The van der Waals surface area contributed by atoms with Gasteiger partial charge in [0.25, 0.3) is 0 Å². The van der Waals surface area contributed by atoms with E-state index in [0.717, 1.165) is 32.1 Å². The fraction of sp³-hybridized carbons (Fsp3) is 0.947. The van der Waals surface area contributed by atoms with Gasteiger partial charge in [-0.2, -0.15) is 0 Å². The Balaban J connectivity index is 2.46. The highest BCUT2D eigenvalue weighted by Gasteiger charge is 2.33. The number of ether oxygens (including phenoxy) is 2. The lowest BCUT2D eigenvalue weighted by molar-refractivity contribution is 0.0280. The van der Waals surface area contributed by atoms with Crippen LogP contribution in [0.5, 0.6) is 0 Å². The van der Waals surface area contributed by atoms with Crippen LogP contribution in [0.4, 0.5) is 0 Å². The Bertz CT molecular complexity index is 369. The lowest BCUT2D eigenvalue weighted by Gasteiger charge is -2.27. The molecule has 0 radical (unpaired) electrons. The molecule has 6 nitrogen and oxygen atoms in total. The molecule has 1 aliphatic rings. The quantitative estimate of drug-likeness (QED) is 0.369. The Hall–Kier alpha value is -0.850. The summed E-state index contributed by atoms with van der Waals surface area (Å²) in [5.74, 6) is 1.25. The Morgan fingerprint density at radius 3 is 2.52 bits per heavy atom. The van der Waals surface area contributed by atoms with E-state index in [1.54, 1.807) is 7.11 Å². The average Bonchev–Trinajstić information content (AvgIpc) is 3.04. The zero-order valence-electron chi connectivity index (χ0n) is 16.6. The third-order valence-electron chi connectivity index (χ3n) is 4.68. The van der Waals surface area contributed by atoms with Crippen LogP contribution in [-0.2, 0) is 9.47 Å². The molecule has 1 unspecified atom stereocenters. The van der Waals surface area contributed by atoms with Crippen LogP contribution in [0, 0.1) is 11.3 Å². The van der Waals surface area contributed by atoms with E-state index in [0.29, 0.717) is 25.7 Å². The van der Waals surface area contributed by atoms with Crippen LogP contribution < -0.4 is 10.6 Å². The summed E-state index contributed by atoms with van der Waals surface area (Å²) in [7, 11) is 1.76. The third kappa shape index (κ3) is 9.42. The van der Waals surface area contributed by atoms with Gasteiger partial charge in [-0.25, -0.2) is 0 Å². The zero-order valence-corrected chi connectivity index (χ0v) is 16.6. The maximum atomic E-state index is 10.0. The van der Waals surface area contributed by atoms with Gasteiger partial charge in [-0.1, -0.05) is 26.7 Å². The summed E-state index contributed by atoms with van der Waals surface area (Å²) < 4.78 is 10.8. The number of aliphatic hydroxyl groups excluding tert-OH is 1. The van der Waals surface area contributed by atoms with E-state index in [-0.39, 0.29) is 5.41 Å². The van der Waals surface area contributed by atoms with Gasteiger partial charge >= 0.3 is 0 Å². The molecule has 1 fully saturated rings. The van der Waals surface area contributed by atoms with Gasteiger partial charge < -0.3 is 25.2 Å². The van der Waals surface area contributed by atoms with Crippen molar-refractivity contribution in [1.29, 1.82) is 0 Å². The molecule has 0 saturated heterocycles. The normalized spacial score (nSPS) is 18.6. The van der Waals surface area contributed by atoms with Gasteiger partial charge in [-0.15, -0.1) is 0 Å². The van der Waals surface area contributed by atoms with E-state index in [4.69, 9.17) is 14.5 Å². The molecule has 0 aromatic carbocycles. The SMILES string of the molecule is CCNC(=NCC1(CCOC)CCCC1)NCC(O)COCC(C)C. The van der Waals surface area contributed by atoms with Crippen molar-refractivity contribution in [2.75, 3.05) is 46.6 Å². The molecule has 6 heteroatoms. The van der Waals surface area contributed by atoms with Gasteiger partial charge in [0.2, 0.25) is 0 Å². The number of methoxy groups -OCH3 is 1. The molecule has 0 aromatic rings. The number of nitrogens with one attached hydrogen (secondary N) is 2. The molecule has 0 heterocycles. The Kier molecular flexibility index (Phi) is 11.1. The number of aliphatic hydroxyl groups is 1. The second-order valence-corrected chi connectivity index (χ2v) is 7.61. The third-order valence-corrected chi connectivity index (χ3v) is 4.68. The molecular formula is C19H39N3O3. The highest BCUT2D eigenvalue weighted by molar-refractivity contribution is 5.79. The smallest absolute Gasteiger partial charge is 0.191 e. The van der Waals surface area contributed by atoms with Crippen LogP contribution in [-0.4, -0.2) is 63.7 Å². The maximum Gasteiger partial charge on any atom is 0.191 e. The van der Waals surface area contributed by atoms with Crippen LogP contribution >= 0.6 is 0 Å². The van der Waals surface area contributed by atoms with Crippen molar-refractivity contribution in [3.8, 4) is 0 Å². The number of guanidine groups is 1. The van der Waals surface area contributed by atoms with Crippen LogP contribution in [0.3, 0.4) is 0 Å². The van der Waals surface area contributed by atoms with Crippen molar-refractivity contribution in [2.24, 2.45) is 16.3 Å². The van der Waals surface area contributed by atoms with E-state index in [1.807, 2.05) is 0 Å². The van der Waals surface area contributed by atoms with Crippen molar-refractivity contribution >= 4 is 5.96 Å². The first-order valence-corrected chi connectivity index (χ1v) is 9.78. The van der Waals surface area contributed by atoms with Crippen LogP contribution in [0.1, 0.15) is 52.9 Å². The molecule has 3 N–H and O–H groups in total. The lowest BCUT2D eigenvalue weighted by atomic mass is 9.83. The predicted molar refractivity (Wildman–Crippen MR) is 103 cm³/mol. The Labute approximate surface area is 153 Å². The topological polar surface area (TPSA) is 75.1 Å². The molecule has 0 amide bonds. The molecule has 1 aliphatic carbocycles. The molecule has 1 saturated carbocycles. The Morgan fingerprint density at radius 2 is 1.92 bits per heavy atom. The first-order valence-electron chi connectivity index (χ1n) is 9.78. The molecule has 0 bridgehead atoms. The summed E-state index contributed by atoms with van der Waals surface area (Å²) in [5, 5.41) is 16.5. The minimum Gasteiger partial charge on any atom is -0.389 e. The summed E-state index contributed by atoms with van der Waals surface area (Å²) >= 11 is 0. The fourth-order valence-electron chi connectivity index (χ4n) is 3.23. The lowest BCUT2D eigenvalue weighted by Crippen LogP contribution is -2.43. The molecule has 1 atom stereocenters. The zero-order chi connectivity index (χ0) is 18.5. The van der Waals surface area contributed by atoms with Crippen molar-refractivity contribution in [2.45, 2.75) is 59.0 Å². The monoisotopic (exact) mass is 357 g/mol. The minimum atomic E-state index is -0.531. The van der Waals surface area contributed by atoms with E-state index in [1.165, 1.54) is 25.7 Å². The molecule has 0 aromatic heterocycles. The van der Waals surface area contributed by atoms with E-state index in [2.05, 4.69) is 31.4 Å². The first-order chi connectivity index (χ1) is 12.0. The van der Waals surface area contributed by atoms with Gasteiger partial charge in [-0.3, -0.25) is 4.99 Å². The van der Waals surface area contributed by atoms with Crippen LogP contribution in [0.2, 0.25) is 0 Å². The average molecular weight is 358 g/mol. The highest BCUT2D eigenvalue weighted by Crippen LogP contribution is 2.41. The molecule has 0 spiro atoms. The van der Waals surface area contributed by atoms with Crippen molar-refractivity contribution in [1.82, 2.24) is 10.6 Å². The largest absolute Gasteiger partial charge is 0.389 e. The van der Waals surface area contributed by atoms with Crippen molar-refractivity contribution < 1.29 is 14.6 Å². The van der Waals surface area contributed by atoms with E-state index in [9.17, 15) is 5.11 Å². The first kappa shape index (κ1) is 22.2. The van der Waals surface area contributed by atoms with E-state index < -0.39 is 6.10 Å². The minimum absolute atomic E-state index is 0.275. The summed E-state index contributed by atoms with van der Waals surface area (Å²) in [6.07, 6.45) is 5.56. The summed E-state index contributed by atoms with van der Waals surface area (Å²) in [6, 6.07) is 0. The number of hydrogen-bond donors (Lipinski definition) is 3. The van der Waals surface area contributed by atoms with Gasteiger partial charge in [0.05, 0.1) is 12.7 Å². The fourth-order valence-corrected chi connectivity index (χ4v) is 3.23. The Morgan fingerprint density at radius 1 is 1.20 bits per heavy atom. The van der Waals surface area contributed by atoms with Crippen LogP contribution in [0.25, 0.3) is 0 Å². The molecule has 0 aliphatic heterocycles. The summed E-state index contributed by atoms with van der Waals surface area (Å²) in [5.41, 5.74) is 0.275. The van der Waals surface area contributed by atoms with E-state index >= 15 is 0 Å². The van der Waals surface area contributed by atoms with Gasteiger partial charge in [-0.05, 0) is 37.5 Å². The highest BCUT2D eigenvalue weighted by atomic mass is 16.5. The van der Waals surface area contributed by atoms with Crippen molar-refractivity contribution in [3.05, 3.63) is 0 Å². The molecular weight excluding hydrogens is 318 g/mol. The summed E-state index contributed by atoms with van der Waals surface area (Å²) in [4.78, 5) is 4.79. The van der Waals surface area contributed by atoms with Crippen molar-refractivity contribution in [3.63, 3.8) is 0 Å². The summed E-state index contributed by atoms with van der Waals surface area (Å²) in [6.45, 7) is 10.1. The molecule has 148 valence electrons. The van der Waals surface area contributed by atoms with Gasteiger partial charge in [0.1, 0.15) is 0 Å².